The summed E-state index contributed by atoms with van der Waals surface area (Å²) >= 11 is 0. The van der Waals surface area contributed by atoms with E-state index in [0.29, 0.717) is 12.1 Å². The zero-order valence-electron chi connectivity index (χ0n) is 11.9. The lowest BCUT2D eigenvalue weighted by atomic mass is 9.89. The van der Waals surface area contributed by atoms with Crippen LogP contribution in [0.5, 0.6) is 0 Å². The predicted molar refractivity (Wildman–Crippen MR) is 72.9 cm³/mol. The van der Waals surface area contributed by atoms with E-state index in [1.165, 1.54) is 13.5 Å². The maximum absolute atomic E-state index is 12.0. The Kier molecular flexibility index (Phi) is 3.15. The minimum atomic E-state index is -0.112. The molecule has 2 saturated heterocycles. The highest BCUT2D eigenvalue weighted by molar-refractivity contribution is 5.86. The molecule has 3 aliphatic rings. The second-order valence-electron chi connectivity index (χ2n) is 5.93. The smallest absolute Gasteiger partial charge is 0.312 e. The zero-order valence-corrected chi connectivity index (χ0v) is 11.9. The third kappa shape index (κ3) is 1.90. The van der Waals surface area contributed by atoms with E-state index < -0.39 is 0 Å². The molecule has 0 amide bonds. The Balaban J connectivity index is 1.91. The number of aliphatic imine (C=N–C) groups is 1. The molecule has 3 aliphatic heterocycles. The van der Waals surface area contributed by atoms with Gasteiger partial charge in [-0.25, -0.2) is 4.99 Å². The van der Waals surface area contributed by atoms with E-state index in [1.54, 1.807) is 0 Å². The van der Waals surface area contributed by atoms with Crippen LogP contribution in [0.4, 0.5) is 0 Å². The number of guanidine groups is 1. The van der Waals surface area contributed by atoms with Crippen molar-refractivity contribution in [3.05, 3.63) is 0 Å². The van der Waals surface area contributed by atoms with Crippen molar-refractivity contribution in [1.29, 1.82) is 0 Å². The summed E-state index contributed by atoms with van der Waals surface area (Å²) in [6, 6.07) is 1.35. The van der Waals surface area contributed by atoms with E-state index in [2.05, 4.69) is 17.1 Å². The van der Waals surface area contributed by atoms with Crippen LogP contribution in [0.25, 0.3) is 0 Å². The first-order valence-electron chi connectivity index (χ1n) is 7.36. The molecule has 0 bridgehead atoms. The average molecular weight is 265 g/mol. The largest absolute Gasteiger partial charge is 0.469 e. The molecular formula is C14H23N3O2. The Bertz CT molecular complexity index is 409. The lowest BCUT2D eigenvalue weighted by Crippen LogP contribution is -2.62. The summed E-state index contributed by atoms with van der Waals surface area (Å²) in [4.78, 5) is 19.1. The standard InChI is InChI=1S/C14H23N3O2/c1-4-9-7-10-5-6-11-12(13(18)19-3)8(2)15-14(16-9)17(10)11/h8-12H,4-7H2,1-3H3,(H,15,16). The molecule has 1 N–H and O–H groups in total. The van der Waals surface area contributed by atoms with Crippen LogP contribution in [0.1, 0.15) is 39.5 Å². The van der Waals surface area contributed by atoms with Crippen LogP contribution in [0.15, 0.2) is 4.99 Å². The van der Waals surface area contributed by atoms with Gasteiger partial charge in [0.05, 0.1) is 19.1 Å². The summed E-state index contributed by atoms with van der Waals surface area (Å²) in [6.07, 6.45) is 4.53. The summed E-state index contributed by atoms with van der Waals surface area (Å²) < 4.78 is 4.98. The summed E-state index contributed by atoms with van der Waals surface area (Å²) in [5.74, 6) is 0.788. The number of rotatable bonds is 2. The number of esters is 1. The molecule has 0 radical (unpaired) electrons. The van der Waals surface area contributed by atoms with E-state index >= 15 is 0 Å². The van der Waals surface area contributed by atoms with Gasteiger partial charge in [0, 0.05) is 18.1 Å². The van der Waals surface area contributed by atoms with Crippen LogP contribution < -0.4 is 5.32 Å². The number of carbonyl (C=O) groups is 1. The number of methoxy groups -OCH3 is 1. The van der Waals surface area contributed by atoms with Crippen molar-refractivity contribution in [2.24, 2.45) is 10.9 Å². The third-order valence-electron chi connectivity index (χ3n) is 4.91. The van der Waals surface area contributed by atoms with E-state index in [0.717, 1.165) is 25.2 Å². The molecule has 2 fully saturated rings. The Hall–Kier alpha value is -1.26. The zero-order chi connectivity index (χ0) is 13.6. The van der Waals surface area contributed by atoms with Gasteiger partial charge in [0.25, 0.3) is 0 Å². The summed E-state index contributed by atoms with van der Waals surface area (Å²) in [5.41, 5.74) is 0. The lowest BCUT2D eigenvalue weighted by Gasteiger charge is -2.46. The molecule has 0 aromatic heterocycles. The van der Waals surface area contributed by atoms with Crippen molar-refractivity contribution in [1.82, 2.24) is 10.2 Å². The van der Waals surface area contributed by atoms with Gasteiger partial charge in [0.15, 0.2) is 5.96 Å². The van der Waals surface area contributed by atoms with Crippen molar-refractivity contribution in [3.8, 4) is 0 Å². The van der Waals surface area contributed by atoms with Crippen LogP contribution in [-0.2, 0) is 9.53 Å². The third-order valence-corrected chi connectivity index (χ3v) is 4.91. The van der Waals surface area contributed by atoms with Crippen molar-refractivity contribution in [2.45, 2.75) is 63.7 Å². The molecule has 3 rings (SSSR count). The van der Waals surface area contributed by atoms with Gasteiger partial charge < -0.3 is 15.0 Å². The molecule has 0 aromatic rings. The quantitative estimate of drug-likeness (QED) is 0.761. The fourth-order valence-electron chi connectivity index (χ4n) is 3.93. The van der Waals surface area contributed by atoms with Crippen LogP contribution in [0.2, 0.25) is 0 Å². The van der Waals surface area contributed by atoms with Gasteiger partial charge in [-0.05, 0) is 32.6 Å². The normalized spacial score (nSPS) is 40.3. The van der Waals surface area contributed by atoms with Gasteiger partial charge in [-0.1, -0.05) is 6.92 Å². The fourth-order valence-corrected chi connectivity index (χ4v) is 3.93. The maximum Gasteiger partial charge on any atom is 0.312 e. The predicted octanol–water partition coefficient (Wildman–Crippen LogP) is 1.14. The van der Waals surface area contributed by atoms with Crippen LogP contribution in [0.3, 0.4) is 0 Å². The molecule has 5 atom stereocenters. The Morgan fingerprint density at radius 2 is 2.32 bits per heavy atom. The van der Waals surface area contributed by atoms with E-state index in [9.17, 15) is 4.79 Å². The van der Waals surface area contributed by atoms with Crippen molar-refractivity contribution < 1.29 is 9.53 Å². The fraction of sp³-hybridized carbons (Fsp3) is 0.857. The monoisotopic (exact) mass is 265 g/mol. The molecule has 0 spiro atoms. The van der Waals surface area contributed by atoms with Gasteiger partial charge in [-0.2, -0.15) is 0 Å². The lowest BCUT2D eigenvalue weighted by molar-refractivity contribution is -0.148. The molecule has 19 heavy (non-hydrogen) atoms. The van der Waals surface area contributed by atoms with Gasteiger partial charge in [-0.15, -0.1) is 0 Å². The minimum absolute atomic E-state index is 0.00514. The molecular weight excluding hydrogens is 242 g/mol. The molecule has 5 unspecified atom stereocenters. The van der Waals surface area contributed by atoms with Gasteiger partial charge >= 0.3 is 5.97 Å². The summed E-state index contributed by atoms with van der Waals surface area (Å²) in [6.45, 7) is 4.24. The Morgan fingerprint density at radius 3 is 3.00 bits per heavy atom. The second-order valence-corrected chi connectivity index (χ2v) is 5.93. The van der Waals surface area contributed by atoms with Crippen molar-refractivity contribution in [2.75, 3.05) is 7.11 Å². The highest BCUT2D eigenvalue weighted by atomic mass is 16.5. The topological polar surface area (TPSA) is 53.9 Å². The average Bonchev–Trinajstić information content (AvgIpc) is 2.82. The minimum Gasteiger partial charge on any atom is -0.469 e. The van der Waals surface area contributed by atoms with E-state index in [1.807, 2.05) is 6.92 Å². The number of ether oxygens (including phenoxy) is 1. The highest BCUT2D eigenvalue weighted by Crippen LogP contribution is 2.39. The summed E-state index contributed by atoms with van der Waals surface area (Å²) in [5, 5.41) is 3.54. The van der Waals surface area contributed by atoms with Crippen molar-refractivity contribution in [3.63, 3.8) is 0 Å². The SMILES string of the molecule is CCC1CC2CCC3C(C(=O)OC)C(C)N=C(N1)N23. The van der Waals surface area contributed by atoms with Crippen LogP contribution >= 0.6 is 0 Å². The van der Waals surface area contributed by atoms with Crippen molar-refractivity contribution >= 4 is 11.9 Å². The first-order chi connectivity index (χ1) is 9.15. The van der Waals surface area contributed by atoms with E-state index in [4.69, 9.17) is 9.73 Å². The van der Waals surface area contributed by atoms with Gasteiger partial charge in [0.1, 0.15) is 0 Å². The van der Waals surface area contributed by atoms with E-state index in [-0.39, 0.29) is 24.0 Å². The second kappa shape index (κ2) is 4.69. The molecule has 106 valence electrons. The molecule has 0 aliphatic carbocycles. The molecule has 0 aromatic carbocycles. The van der Waals surface area contributed by atoms with Gasteiger partial charge in [-0.3, -0.25) is 4.79 Å². The molecule has 0 saturated carbocycles. The highest BCUT2D eigenvalue weighted by Gasteiger charge is 2.50. The van der Waals surface area contributed by atoms with Gasteiger partial charge in [0.2, 0.25) is 0 Å². The Morgan fingerprint density at radius 1 is 1.53 bits per heavy atom. The first kappa shape index (κ1) is 12.8. The number of nitrogens with one attached hydrogen (secondary N) is 1. The van der Waals surface area contributed by atoms with Crippen LogP contribution in [0, 0.1) is 5.92 Å². The summed E-state index contributed by atoms with van der Waals surface area (Å²) in [7, 11) is 1.47. The molecule has 5 nitrogen and oxygen atoms in total. The number of hydrogen-bond acceptors (Lipinski definition) is 5. The number of nitrogens with zero attached hydrogens (tertiary/aromatic N) is 2. The first-order valence-corrected chi connectivity index (χ1v) is 7.36. The maximum atomic E-state index is 12.0. The number of hydrogen-bond donors (Lipinski definition) is 1. The number of carbonyl (C=O) groups excluding carboxylic acids is 1. The molecule has 5 heteroatoms. The van der Waals surface area contributed by atoms with Crippen LogP contribution in [-0.4, -0.2) is 48.1 Å². The molecule has 3 heterocycles. The Labute approximate surface area is 114 Å².